The first kappa shape index (κ1) is 9.48. The Morgan fingerprint density at radius 3 is 3.00 bits per heavy atom. The lowest BCUT2D eigenvalue weighted by molar-refractivity contribution is -0.140. The normalized spacial score (nSPS) is 26.8. The average molecular weight is 172 g/mol. The van der Waals surface area contributed by atoms with Crippen LogP contribution in [0.15, 0.2) is 0 Å². The highest BCUT2D eigenvalue weighted by atomic mass is 16.5. The Bertz CT molecular complexity index is 161. The number of esters is 1. The zero-order valence-electron chi connectivity index (χ0n) is 7.67. The first-order chi connectivity index (χ1) is 5.77. The number of nitrogens with zero attached hydrogens (tertiary/aromatic N) is 1. The Morgan fingerprint density at radius 1 is 1.67 bits per heavy atom. The van der Waals surface area contributed by atoms with E-state index < -0.39 is 0 Å². The molecule has 1 heterocycles. The summed E-state index contributed by atoms with van der Waals surface area (Å²) in [4.78, 5) is 10.7. The molecule has 0 saturated carbocycles. The van der Waals surface area contributed by atoms with Crippen LogP contribution < -0.4 is 5.43 Å². The first-order valence-corrected chi connectivity index (χ1v) is 4.37. The molecule has 0 bridgehead atoms. The van der Waals surface area contributed by atoms with E-state index in [2.05, 4.69) is 22.1 Å². The number of nitrogens with one attached hydrogen (secondary N) is 1. The summed E-state index contributed by atoms with van der Waals surface area (Å²) >= 11 is 0. The van der Waals surface area contributed by atoms with Crippen LogP contribution in [0.1, 0.15) is 26.2 Å². The van der Waals surface area contributed by atoms with Gasteiger partial charge in [0.2, 0.25) is 0 Å². The molecule has 12 heavy (non-hydrogen) atoms. The second-order valence-electron chi connectivity index (χ2n) is 2.95. The molecule has 4 heteroatoms. The van der Waals surface area contributed by atoms with Crippen LogP contribution in [0.5, 0.6) is 0 Å². The predicted molar refractivity (Wildman–Crippen MR) is 45.2 cm³/mol. The fourth-order valence-electron chi connectivity index (χ4n) is 1.19. The van der Waals surface area contributed by atoms with Crippen molar-refractivity contribution in [3.63, 3.8) is 0 Å². The summed E-state index contributed by atoms with van der Waals surface area (Å²) in [5.41, 5.74) is 3.17. The van der Waals surface area contributed by atoms with E-state index in [-0.39, 0.29) is 5.97 Å². The van der Waals surface area contributed by atoms with E-state index in [0.717, 1.165) is 13.0 Å². The molecule has 0 amide bonds. The van der Waals surface area contributed by atoms with Gasteiger partial charge in [-0.15, -0.1) is 0 Å². The summed E-state index contributed by atoms with van der Waals surface area (Å²) in [6, 6.07) is 0. The largest absolute Gasteiger partial charge is 0.469 e. The summed E-state index contributed by atoms with van der Waals surface area (Å²) in [5, 5.41) is 2.07. The van der Waals surface area contributed by atoms with E-state index in [9.17, 15) is 4.79 Å². The molecule has 0 spiro atoms. The van der Waals surface area contributed by atoms with Gasteiger partial charge in [0.1, 0.15) is 0 Å². The van der Waals surface area contributed by atoms with Crippen molar-refractivity contribution in [2.45, 2.75) is 32.4 Å². The molecule has 1 aliphatic rings. The van der Waals surface area contributed by atoms with Crippen LogP contribution in [0.25, 0.3) is 0 Å². The molecule has 0 radical (unpaired) electrons. The monoisotopic (exact) mass is 172 g/mol. The van der Waals surface area contributed by atoms with Crippen molar-refractivity contribution in [1.29, 1.82) is 0 Å². The van der Waals surface area contributed by atoms with Gasteiger partial charge >= 0.3 is 5.97 Å². The van der Waals surface area contributed by atoms with Gasteiger partial charge in [-0.05, 0) is 6.42 Å². The number of hydrogen-bond acceptors (Lipinski definition) is 4. The minimum atomic E-state index is -0.140. The van der Waals surface area contributed by atoms with Crippen LogP contribution in [-0.2, 0) is 9.53 Å². The highest BCUT2D eigenvalue weighted by Crippen LogP contribution is 2.14. The van der Waals surface area contributed by atoms with Gasteiger partial charge in [0.05, 0.1) is 19.7 Å². The molecule has 0 aromatic heterocycles. The molecule has 1 aliphatic heterocycles. The Balaban J connectivity index is 2.00. The fourth-order valence-corrected chi connectivity index (χ4v) is 1.19. The molecule has 4 nitrogen and oxygen atoms in total. The highest BCUT2D eigenvalue weighted by Gasteiger charge is 2.31. The first-order valence-electron chi connectivity index (χ1n) is 4.37. The lowest BCUT2D eigenvalue weighted by atomic mass is 10.3. The molecule has 0 aromatic rings. The van der Waals surface area contributed by atoms with Crippen molar-refractivity contribution in [2.75, 3.05) is 13.7 Å². The van der Waals surface area contributed by atoms with E-state index in [0.29, 0.717) is 12.6 Å². The maximum absolute atomic E-state index is 10.7. The quantitative estimate of drug-likeness (QED) is 0.484. The van der Waals surface area contributed by atoms with E-state index in [1.807, 2.05) is 0 Å². The van der Waals surface area contributed by atoms with Gasteiger partial charge in [-0.25, -0.2) is 10.4 Å². The number of rotatable bonds is 5. The Labute approximate surface area is 72.8 Å². The zero-order chi connectivity index (χ0) is 8.97. The molecule has 0 aliphatic carbocycles. The van der Waals surface area contributed by atoms with Crippen molar-refractivity contribution >= 4 is 5.97 Å². The SMILES string of the molecule is CCCC1NN1CCC(=O)OC. The topological polar surface area (TPSA) is 51.2 Å². The van der Waals surface area contributed by atoms with Gasteiger partial charge in [0.15, 0.2) is 0 Å². The molecule has 1 saturated heterocycles. The van der Waals surface area contributed by atoms with Crippen LogP contribution in [-0.4, -0.2) is 30.8 Å². The van der Waals surface area contributed by atoms with E-state index in [1.165, 1.54) is 13.5 Å². The maximum Gasteiger partial charge on any atom is 0.306 e. The molecule has 1 N–H and O–H groups in total. The molecule has 70 valence electrons. The Hall–Kier alpha value is -0.610. The maximum atomic E-state index is 10.7. The molecule has 2 atom stereocenters. The molecular formula is C8H16N2O2. The van der Waals surface area contributed by atoms with Gasteiger partial charge in [0, 0.05) is 6.54 Å². The average Bonchev–Trinajstić information content (AvgIpc) is 2.80. The third kappa shape index (κ3) is 2.79. The minimum Gasteiger partial charge on any atom is -0.469 e. The third-order valence-electron chi connectivity index (χ3n) is 1.97. The van der Waals surface area contributed by atoms with Gasteiger partial charge in [-0.1, -0.05) is 13.3 Å². The van der Waals surface area contributed by atoms with Crippen LogP contribution in [0.3, 0.4) is 0 Å². The smallest absolute Gasteiger partial charge is 0.306 e. The second kappa shape index (κ2) is 4.42. The number of methoxy groups -OCH3 is 1. The standard InChI is InChI=1S/C8H16N2O2/c1-3-4-7-9-10(7)6-5-8(11)12-2/h7,9H,3-6H2,1-2H3. The second-order valence-corrected chi connectivity index (χ2v) is 2.95. The Kier molecular flexibility index (Phi) is 3.49. The predicted octanol–water partition coefficient (Wildman–Crippen LogP) is 0.496. The van der Waals surface area contributed by atoms with Gasteiger partial charge in [-0.3, -0.25) is 4.79 Å². The number of carbonyl (C=O) groups excluding carboxylic acids is 1. The number of ether oxygens (including phenoxy) is 1. The lowest BCUT2D eigenvalue weighted by Crippen LogP contribution is -2.11. The zero-order valence-corrected chi connectivity index (χ0v) is 7.67. The van der Waals surface area contributed by atoms with Crippen LogP contribution >= 0.6 is 0 Å². The minimum absolute atomic E-state index is 0.140. The van der Waals surface area contributed by atoms with Gasteiger partial charge < -0.3 is 4.74 Å². The third-order valence-corrected chi connectivity index (χ3v) is 1.97. The van der Waals surface area contributed by atoms with Crippen molar-refractivity contribution in [3.8, 4) is 0 Å². The molecule has 1 fully saturated rings. The van der Waals surface area contributed by atoms with Crippen molar-refractivity contribution in [1.82, 2.24) is 10.4 Å². The lowest BCUT2D eigenvalue weighted by Gasteiger charge is -1.98. The molecule has 1 rings (SSSR count). The molecule has 0 aromatic carbocycles. The summed E-state index contributed by atoms with van der Waals surface area (Å²) in [6.07, 6.45) is 3.30. The van der Waals surface area contributed by atoms with Crippen LogP contribution in [0, 0.1) is 0 Å². The van der Waals surface area contributed by atoms with Crippen molar-refractivity contribution < 1.29 is 9.53 Å². The van der Waals surface area contributed by atoms with Gasteiger partial charge in [-0.2, -0.15) is 0 Å². The molecule has 2 unspecified atom stereocenters. The number of hydrogen-bond donors (Lipinski definition) is 1. The van der Waals surface area contributed by atoms with E-state index >= 15 is 0 Å². The summed E-state index contributed by atoms with van der Waals surface area (Å²) < 4.78 is 4.53. The summed E-state index contributed by atoms with van der Waals surface area (Å²) in [6.45, 7) is 2.91. The number of hydrazine groups is 1. The van der Waals surface area contributed by atoms with Crippen LogP contribution in [0.2, 0.25) is 0 Å². The van der Waals surface area contributed by atoms with Crippen molar-refractivity contribution in [2.24, 2.45) is 0 Å². The fraction of sp³-hybridized carbons (Fsp3) is 0.875. The van der Waals surface area contributed by atoms with Gasteiger partial charge in [0.25, 0.3) is 0 Å². The van der Waals surface area contributed by atoms with Crippen molar-refractivity contribution in [3.05, 3.63) is 0 Å². The number of carbonyl (C=O) groups is 1. The summed E-state index contributed by atoms with van der Waals surface area (Å²) in [5.74, 6) is -0.140. The summed E-state index contributed by atoms with van der Waals surface area (Å²) in [7, 11) is 1.42. The Morgan fingerprint density at radius 2 is 2.42 bits per heavy atom. The van der Waals surface area contributed by atoms with E-state index in [4.69, 9.17) is 0 Å². The molecular weight excluding hydrogens is 156 g/mol. The van der Waals surface area contributed by atoms with E-state index in [1.54, 1.807) is 0 Å². The van der Waals surface area contributed by atoms with Crippen LogP contribution in [0.4, 0.5) is 0 Å². The highest BCUT2D eigenvalue weighted by molar-refractivity contribution is 5.69.